The lowest BCUT2D eigenvalue weighted by molar-refractivity contribution is -0.151. The van der Waals surface area contributed by atoms with Gasteiger partial charge in [-0.15, -0.1) is 0 Å². The highest BCUT2D eigenvalue weighted by molar-refractivity contribution is 5.69. The Labute approximate surface area is 125 Å². The van der Waals surface area contributed by atoms with E-state index in [-0.39, 0.29) is 12.1 Å². The molecule has 0 aliphatic carbocycles. The van der Waals surface area contributed by atoms with E-state index in [0.717, 1.165) is 25.8 Å². The van der Waals surface area contributed by atoms with Crippen molar-refractivity contribution in [3.63, 3.8) is 0 Å². The Morgan fingerprint density at radius 2 is 1.70 bits per heavy atom. The lowest BCUT2D eigenvalue weighted by Gasteiger charge is -2.29. The third-order valence-corrected chi connectivity index (χ3v) is 4.02. The van der Waals surface area contributed by atoms with Gasteiger partial charge in [-0.2, -0.15) is 0 Å². The number of nitrogens with one attached hydrogen (secondary N) is 1. The van der Waals surface area contributed by atoms with Gasteiger partial charge < -0.3 is 10.1 Å². The first kappa shape index (κ1) is 19.4. The van der Waals surface area contributed by atoms with Crippen LogP contribution in [0.3, 0.4) is 0 Å². The quantitative estimate of drug-likeness (QED) is 0.429. The Kier molecular flexibility index (Phi) is 11.8. The van der Waals surface area contributed by atoms with Crippen molar-refractivity contribution in [3.05, 3.63) is 0 Å². The van der Waals surface area contributed by atoms with Gasteiger partial charge in [0.2, 0.25) is 0 Å². The van der Waals surface area contributed by atoms with Crippen LogP contribution in [0.15, 0.2) is 0 Å². The molecule has 0 rings (SSSR count). The van der Waals surface area contributed by atoms with Crippen molar-refractivity contribution >= 4 is 5.97 Å². The van der Waals surface area contributed by atoms with Crippen molar-refractivity contribution in [2.24, 2.45) is 5.92 Å². The van der Waals surface area contributed by atoms with E-state index in [1.165, 1.54) is 19.3 Å². The highest BCUT2D eigenvalue weighted by atomic mass is 16.5. The molecule has 0 amide bonds. The predicted octanol–water partition coefficient (Wildman–Crippen LogP) is 4.30. The van der Waals surface area contributed by atoms with E-state index in [0.29, 0.717) is 18.4 Å². The summed E-state index contributed by atoms with van der Waals surface area (Å²) in [5, 5.41) is 3.57. The lowest BCUT2D eigenvalue weighted by Crippen LogP contribution is -2.40. The lowest BCUT2D eigenvalue weighted by atomic mass is 9.92. The predicted molar refractivity (Wildman–Crippen MR) is 85.8 cm³/mol. The maximum absolute atomic E-state index is 11.7. The minimum Gasteiger partial charge on any atom is -0.462 e. The molecular weight excluding hydrogens is 250 g/mol. The largest absolute Gasteiger partial charge is 0.462 e. The van der Waals surface area contributed by atoms with Crippen molar-refractivity contribution in [2.75, 3.05) is 6.54 Å². The van der Waals surface area contributed by atoms with Gasteiger partial charge in [0, 0.05) is 18.4 Å². The minimum absolute atomic E-state index is 0.00182. The van der Waals surface area contributed by atoms with E-state index in [1.54, 1.807) is 0 Å². The summed E-state index contributed by atoms with van der Waals surface area (Å²) in [5.41, 5.74) is 0. The van der Waals surface area contributed by atoms with Crippen molar-refractivity contribution < 1.29 is 9.53 Å². The number of unbranched alkanes of at least 4 members (excludes halogenated alkanes) is 3. The standard InChI is InChI=1S/C17H35NO2/c1-6-9-11-13-18-14(4)16(8-3)15(5)20-17(19)12-10-7-2/h14-16,18H,6-13H2,1-5H3. The Balaban J connectivity index is 4.10. The molecule has 0 bridgehead atoms. The molecule has 0 aromatic carbocycles. The number of hydrogen-bond donors (Lipinski definition) is 1. The van der Waals surface area contributed by atoms with Gasteiger partial charge in [0.1, 0.15) is 6.10 Å². The van der Waals surface area contributed by atoms with Gasteiger partial charge in [0.15, 0.2) is 0 Å². The molecule has 3 nitrogen and oxygen atoms in total. The molecule has 120 valence electrons. The van der Waals surface area contributed by atoms with Crippen LogP contribution in [0.2, 0.25) is 0 Å². The zero-order valence-electron chi connectivity index (χ0n) is 14.2. The molecule has 0 aromatic heterocycles. The van der Waals surface area contributed by atoms with Crippen LogP contribution in [-0.2, 0) is 9.53 Å². The molecule has 0 saturated heterocycles. The summed E-state index contributed by atoms with van der Waals surface area (Å²) in [6, 6.07) is 0.394. The maximum atomic E-state index is 11.7. The van der Waals surface area contributed by atoms with Crippen LogP contribution in [-0.4, -0.2) is 24.7 Å². The van der Waals surface area contributed by atoms with Gasteiger partial charge in [0.05, 0.1) is 0 Å². The second kappa shape index (κ2) is 12.2. The highest BCUT2D eigenvalue weighted by Crippen LogP contribution is 2.18. The molecule has 3 heteroatoms. The number of hydrogen-bond acceptors (Lipinski definition) is 3. The van der Waals surface area contributed by atoms with E-state index < -0.39 is 0 Å². The number of esters is 1. The Morgan fingerprint density at radius 1 is 1.05 bits per heavy atom. The van der Waals surface area contributed by atoms with E-state index in [9.17, 15) is 4.79 Å². The average Bonchev–Trinajstić information content (AvgIpc) is 2.42. The van der Waals surface area contributed by atoms with Gasteiger partial charge >= 0.3 is 5.97 Å². The maximum Gasteiger partial charge on any atom is 0.306 e. The zero-order valence-corrected chi connectivity index (χ0v) is 14.2. The number of carbonyl (C=O) groups excluding carboxylic acids is 1. The summed E-state index contributed by atoms with van der Waals surface area (Å²) in [4.78, 5) is 11.7. The number of ether oxygens (including phenoxy) is 1. The summed E-state index contributed by atoms with van der Waals surface area (Å²) in [6.45, 7) is 11.8. The van der Waals surface area contributed by atoms with Gasteiger partial charge in [0.25, 0.3) is 0 Å². The van der Waals surface area contributed by atoms with Crippen molar-refractivity contribution in [1.82, 2.24) is 5.32 Å². The number of rotatable bonds is 12. The third-order valence-electron chi connectivity index (χ3n) is 4.02. The van der Waals surface area contributed by atoms with Crippen molar-refractivity contribution in [1.29, 1.82) is 0 Å². The Hall–Kier alpha value is -0.570. The summed E-state index contributed by atoms with van der Waals surface area (Å²) in [7, 11) is 0. The molecule has 3 unspecified atom stereocenters. The average molecular weight is 285 g/mol. The molecule has 1 N–H and O–H groups in total. The van der Waals surface area contributed by atoms with E-state index in [1.807, 2.05) is 6.92 Å². The molecule has 20 heavy (non-hydrogen) atoms. The fourth-order valence-electron chi connectivity index (χ4n) is 2.62. The minimum atomic E-state index is -0.0454. The molecule has 0 heterocycles. The first-order chi connectivity index (χ1) is 9.56. The summed E-state index contributed by atoms with van der Waals surface area (Å²) >= 11 is 0. The second-order valence-electron chi connectivity index (χ2n) is 5.82. The molecule has 0 fully saturated rings. The van der Waals surface area contributed by atoms with E-state index >= 15 is 0 Å². The van der Waals surface area contributed by atoms with Gasteiger partial charge in [-0.05, 0) is 39.7 Å². The van der Waals surface area contributed by atoms with Gasteiger partial charge in [-0.1, -0.05) is 40.0 Å². The molecule has 0 radical (unpaired) electrons. The smallest absolute Gasteiger partial charge is 0.306 e. The first-order valence-electron chi connectivity index (χ1n) is 8.49. The molecule has 3 atom stereocenters. The normalized spacial score (nSPS) is 15.7. The monoisotopic (exact) mass is 285 g/mol. The van der Waals surface area contributed by atoms with Crippen LogP contribution >= 0.6 is 0 Å². The van der Waals surface area contributed by atoms with E-state index in [2.05, 4.69) is 33.0 Å². The molecule has 0 aliphatic heterocycles. The van der Waals surface area contributed by atoms with Crippen LogP contribution in [0.5, 0.6) is 0 Å². The topological polar surface area (TPSA) is 38.3 Å². The zero-order chi connectivity index (χ0) is 15.4. The molecule has 0 aromatic rings. The number of carbonyl (C=O) groups is 1. The van der Waals surface area contributed by atoms with Gasteiger partial charge in [-0.3, -0.25) is 4.79 Å². The van der Waals surface area contributed by atoms with Crippen molar-refractivity contribution in [2.45, 2.75) is 91.7 Å². The van der Waals surface area contributed by atoms with Crippen molar-refractivity contribution in [3.8, 4) is 0 Å². The first-order valence-corrected chi connectivity index (χ1v) is 8.49. The van der Waals surface area contributed by atoms with Crippen LogP contribution < -0.4 is 5.32 Å². The van der Waals surface area contributed by atoms with E-state index in [4.69, 9.17) is 4.74 Å². The fraction of sp³-hybridized carbons (Fsp3) is 0.941. The van der Waals surface area contributed by atoms with Crippen LogP contribution in [0, 0.1) is 5.92 Å². The molecule has 0 spiro atoms. The molecule has 0 aliphatic rings. The van der Waals surface area contributed by atoms with Gasteiger partial charge in [-0.25, -0.2) is 0 Å². The van der Waals surface area contributed by atoms with Crippen LogP contribution in [0.1, 0.15) is 79.6 Å². The Bertz CT molecular complexity index is 243. The third kappa shape index (κ3) is 8.57. The van der Waals surface area contributed by atoms with Crippen LogP contribution in [0.4, 0.5) is 0 Å². The summed E-state index contributed by atoms with van der Waals surface area (Å²) < 4.78 is 5.58. The highest BCUT2D eigenvalue weighted by Gasteiger charge is 2.24. The molecular formula is C17H35NO2. The van der Waals surface area contributed by atoms with Crippen LogP contribution in [0.25, 0.3) is 0 Å². The fourth-order valence-corrected chi connectivity index (χ4v) is 2.62. The second-order valence-corrected chi connectivity index (χ2v) is 5.82. The Morgan fingerprint density at radius 3 is 2.25 bits per heavy atom. The summed E-state index contributed by atoms with van der Waals surface area (Å²) in [6.07, 6.45) is 7.29. The SMILES string of the molecule is CCCCCNC(C)C(CC)C(C)OC(=O)CCCC. The summed E-state index contributed by atoms with van der Waals surface area (Å²) in [5.74, 6) is 0.346. The molecule has 0 saturated carbocycles.